The van der Waals surface area contributed by atoms with Gasteiger partial charge in [0.05, 0.1) is 0 Å². The number of hydrogen-bond donors (Lipinski definition) is 1. The zero-order valence-corrected chi connectivity index (χ0v) is 10.6. The molecule has 0 fully saturated rings. The molecule has 1 heterocycles. The molecule has 0 amide bonds. The van der Waals surface area contributed by atoms with Gasteiger partial charge in [0.1, 0.15) is 0 Å². The van der Waals surface area contributed by atoms with Crippen LogP contribution in [0.1, 0.15) is 35.1 Å². The van der Waals surface area contributed by atoms with Crippen molar-refractivity contribution in [2.24, 2.45) is 0 Å². The van der Waals surface area contributed by atoms with E-state index in [2.05, 4.69) is 40.6 Å². The summed E-state index contributed by atoms with van der Waals surface area (Å²) in [4.78, 5) is 4.24. The third kappa shape index (κ3) is 1.93. The first kappa shape index (κ1) is 11.4. The van der Waals surface area contributed by atoms with E-state index in [1.54, 1.807) is 0 Å². The smallest absolute Gasteiger partial charge is 0.0402 e. The summed E-state index contributed by atoms with van der Waals surface area (Å²) in [5, 5.41) is 3.46. The standard InChI is InChI=1S/C16H18N2/c1-17-16(13-6-4-10-18-11-13)15-9-8-12-5-2-3-7-14(12)15/h2-7,10-11,15-17H,8-9H2,1H3. The predicted molar refractivity (Wildman–Crippen MR) is 73.5 cm³/mol. The number of benzene rings is 1. The Morgan fingerprint density at radius 3 is 2.89 bits per heavy atom. The number of fused-ring (bicyclic) bond motifs is 1. The van der Waals surface area contributed by atoms with Gasteiger partial charge in [0.2, 0.25) is 0 Å². The Balaban J connectivity index is 1.95. The fourth-order valence-corrected chi connectivity index (χ4v) is 3.10. The zero-order chi connectivity index (χ0) is 12.4. The van der Waals surface area contributed by atoms with Crippen LogP contribution in [-0.4, -0.2) is 12.0 Å². The molecule has 0 aliphatic heterocycles. The molecule has 1 aromatic carbocycles. The number of aromatic nitrogens is 1. The molecule has 0 spiro atoms. The second kappa shape index (κ2) is 4.91. The van der Waals surface area contributed by atoms with Gasteiger partial charge in [0, 0.05) is 24.4 Å². The molecular formula is C16H18N2. The van der Waals surface area contributed by atoms with Crippen LogP contribution in [0.4, 0.5) is 0 Å². The average Bonchev–Trinajstić information content (AvgIpc) is 2.85. The highest BCUT2D eigenvalue weighted by Gasteiger charge is 2.29. The first-order chi connectivity index (χ1) is 8.90. The van der Waals surface area contributed by atoms with Gasteiger partial charge in [0.25, 0.3) is 0 Å². The van der Waals surface area contributed by atoms with Crippen LogP contribution in [0.3, 0.4) is 0 Å². The lowest BCUT2D eigenvalue weighted by Gasteiger charge is -2.24. The molecule has 1 aromatic heterocycles. The van der Waals surface area contributed by atoms with E-state index < -0.39 is 0 Å². The Morgan fingerprint density at radius 1 is 1.22 bits per heavy atom. The third-order valence-electron chi connectivity index (χ3n) is 3.94. The van der Waals surface area contributed by atoms with E-state index in [1.807, 2.05) is 25.5 Å². The molecule has 2 heteroatoms. The van der Waals surface area contributed by atoms with Crippen LogP contribution in [0.15, 0.2) is 48.8 Å². The molecule has 2 aromatic rings. The summed E-state index contributed by atoms with van der Waals surface area (Å²) in [5.74, 6) is 0.565. The van der Waals surface area contributed by atoms with Crippen molar-refractivity contribution in [3.8, 4) is 0 Å². The molecule has 1 N–H and O–H groups in total. The second-order valence-corrected chi connectivity index (χ2v) is 4.90. The van der Waals surface area contributed by atoms with Gasteiger partial charge in [-0.05, 0) is 42.6 Å². The summed E-state index contributed by atoms with van der Waals surface area (Å²) < 4.78 is 0. The summed E-state index contributed by atoms with van der Waals surface area (Å²) in [6.45, 7) is 0. The van der Waals surface area contributed by atoms with Crippen molar-refractivity contribution < 1.29 is 0 Å². The van der Waals surface area contributed by atoms with Crippen molar-refractivity contribution in [2.45, 2.75) is 24.8 Å². The molecule has 0 saturated carbocycles. The normalized spacial score (nSPS) is 19.5. The van der Waals surface area contributed by atoms with E-state index in [9.17, 15) is 0 Å². The summed E-state index contributed by atoms with van der Waals surface area (Å²) in [6, 6.07) is 13.4. The maximum absolute atomic E-state index is 4.24. The van der Waals surface area contributed by atoms with Crippen LogP contribution in [-0.2, 0) is 6.42 Å². The lowest BCUT2D eigenvalue weighted by molar-refractivity contribution is 0.475. The van der Waals surface area contributed by atoms with Crippen molar-refractivity contribution in [1.29, 1.82) is 0 Å². The SMILES string of the molecule is CNC(c1cccnc1)C1CCc2ccccc21. The fraction of sp³-hybridized carbons (Fsp3) is 0.312. The first-order valence-electron chi connectivity index (χ1n) is 6.55. The van der Waals surface area contributed by atoms with Gasteiger partial charge >= 0.3 is 0 Å². The van der Waals surface area contributed by atoms with Crippen LogP contribution in [0.5, 0.6) is 0 Å². The molecule has 0 saturated heterocycles. The maximum Gasteiger partial charge on any atom is 0.0402 e. The Labute approximate surface area is 108 Å². The lowest BCUT2D eigenvalue weighted by atomic mass is 9.89. The van der Waals surface area contributed by atoms with Gasteiger partial charge in [-0.25, -0.2) is 0 Å². The molecule has 92 valence electrons. The van der Waals surface area contributed by atoms with E-state index in [4.69, 9.17) is 0 Å². The summed E-state index contributed by atoms with van der Waals surface area (Å²) in [6.07, 6.45) is 6.22. The maximum atomic E-state index is 4.24. The highest BCUT2D eigenvalue weighted by atomic mass is 14.9. The molecule has 3 rings (SSSR count). The zero-order valence-electron chi connectivity index (χ0n) is 10.6. The average molecular weight is 238 g/mol. The van der Waals surface area contributed by atoms with Crippen LogP contribution >= 0.6 is 0 Å². The summed E-state index contributed by atoms with van der Waals surface area (Å²) >= 11 is 0. The van der Waals surface area contributed by atoms with Crippen LogP contribution in [0, 0.1) is 0 Å². The lowest BCUT2D eigenvalue weighted by Crippen LogP contribution is -2.22. The number of likely N-dealkylation sites (N-methyl/N-ethyl adjacent to an activating group) is 1. The minimum atomic E-state index is 0.363. The van der Waals surface area contributed by atoms with E-state index in [0.717, 1.165) is 0 Å². The van der Waals surface area contributed by atoms with Crippen LogP contribution in [0.25, 0.3) is 0 Å². The van der Waals surface area contributed by atoms with E-state index >= 15 is 0 Å². The molecule has 0 radical (unpaired) electrons. The van der Waals surface area contributed by atoms with Crippen molar-refractivity contribution >= 4 is 0 Å². The molecular weight excluding hydrogens is 220 g/mol. The Morgan fingerprint density at radius 2 is 2.11 bits per heavy atom. The molecule has 2 atom stereocenters. The van der Waals surface area contributed by atoms with E-state index in [0.29, 0.717) is 12.0 Å². The fourth-order valence-electron chi connectivity index (χ4n) is 3.10. The van der Waals surface area contributed by atoms with Gasteiger partial charge in [-0.3, -0.25) is 4.98 Å². The third-order valence-corrected chi connectivity index (χ3v) is 3.94. The van der Waals surface area contributed by atoms with Crippen molar-refractivity contribution in [1.82, 2.24) is 10.3 Å². The molecule has 2 nitrogen and oxygen atoms in total. The van der Waals surface area contributed by atoms with E-state index in [-0.39, 0.29) is 0 Å². The van der Waals surface area contributed by atoms with Crippen LogP contribution in [0.2, 0.25) is 0 Å². The number of pyridine rings is 1. The highest BCUT2D eigenvalue weighted by Crippen LogP contribution is 2.41. The monoisotopic (exact) mass is 238 g/mol. The number of nitrogens with one attached hydrogen (secondary N) is 1. The quantitative estimate of drug-likeness (QED) is 0.889. The van der Waals surface area contributed by atoms with Gasteiger partial charge in [0.15, 0.2) is 0 Å². The molecule has 18 heavy (non-hydrogen) atoms. The largest absolute Gasteiger partial charge is 0.312 e. The predicted octanol–water partition coefficient (Wildman–Crippen LogP) is 3.07. The highest BCUT2D eigenvalue weighted by molar-refractivity contribution is 5.37. The van der Waals surface area contributed by atoms with E-state index in [1.165, 1.54) is 29.5 Å². The number of aryl methyl sites for hydroxylation is 1. The van der Waals surface area contributed by atoms with Gasteiger partial charge in [-0.15, -0.1) is 0 Å². The van der Waals surface area contributed by atoms with Crippen LogP contribution < -0.4 is 5.32 Å². The second-order valence-electron chi connectivity index (χ2n) is 4.90. The number of hydrogen-bond acceptors (Lipinski definition) is 2. The number of rotatable bonds is 3. The van der Waals surface area contributed by atoms with Crippen molar-refractivity contribution in [3.05, 3.63) is 65.5 Å². The summed E-state index contributed by atoms with van der Waals surface area (Å²) in [7, 11) is 2.04. The summed E-state index contributed by atoms with van der Waals surface area (Å²) in [5.41, 5.74) is 4.29. The Hall–Kier alpha value is -1.67. The van der Waals surface area contributed by atoms with Crippen molar-refractivity contribution in [3.63, 3.8) is 0 Å². The number of nitrogens with zero attached hydrogens (tertiary/aromatic N) is 1. The minimum Gasteiger partial charge on any atom is -0.312 e. The molecule has 0 bridgehead atoms. The molecule has 1 aliphatic rings. The Kier molecular flexibility index (Phi) is 3.11. The molecule has 2 unspecified atom stereocenters. The molecule has 1 aliphatic carbocycles. The van der Waals surface area contributed by atoms with Crippen molar-refractivity contribution in [2.75, 3.05) is 7.05 Å². The first-order valence-corrected chi connectivity index (χ1v) is 6.55. The van der Waals surface area contributed by atoms with Gasteiger partial charge in [-0.2, -0.15) is 0 Å². The minimum absolute atomic E-state index is 0.363. The van der Waals surface area contributed by atoms with Gasteiger partial charge < -0.3 is 5.32 Å². The van der Waals surface area contributed by atoms with Gasteiger partial charge in [-0.1, -0.05) is 30.3 Å². The topological polar surface area (TPSA) is 24.9 Å². The Bertz CT molecular complexity index is 522.